The van der Waals surface area contributed by atoms with Crippen molar-refractivity contribution in [1.29, 1.82) is 0 Å². The Morgan fingerprint density at radius 1 is 0.294 bits per heavy atom. The summed E-state index contributed by atoms with van der Waals surface area (Å²) in [5, 5.41) is 9.98. The predicted molar refractivity (Wildman–Crippen MR) is 285 cm³/mol. The molecule has 11 aromatic carbocycles. The number of anilines is 6. The first kappa shape index (κ1) is 38.1. The highest BCUT2D eigenvalue weighted by Gasteiger charge is 2.24. The summed E-state index contributed by atoms with van der Waals surface area (Å²) in [4.78, 5) is 9.90. The molecular weight excluding hydrogens is 827 g/mol. The molecule has 0 aliphatic heterocycles. The standard InChI is InChI=1S/C63H41N5/c1-5-17-45(18-6-1)65(54-37-39-58-62-51(54)34-29-43-15-13-25-56(60(43)62)67(58)47-21-9-3-10-22-47)49-31-27-42(28-32-49)53-36-33-50(41-64-53)66(46-19-7-2-8-20-46)55-38-40-59-63-52(55)35-30-44-16-14-26-57(61(44)63)68(59)48-23-11-4-12-24-48/h1-41H. The summed E-state index contributed by atoms with van der Waals surface area (Å²) in [6, 6.07) is 87.4. The zero-order valence-corrected chi connectivity index (χ0v) is 36.9. The van der Waals surface area contributed by atoms with Crippen LogP contribution >= 0.6 is 0 Å². The van der Waals surface area contributed by atoms with Gasteiger partial charge in [-0.3, -0.25) is 4.98 Å². The molecule has 5 heteroatoms. The molecule has 0 saturated heterocycles. The quantitative estimate of drug-likeness (QED) is 0.135. The molecule has 3 aromatic heterocycles. The van der Waals surface area contributed by atoms with Gasteiger partial charge in [-0.25, -0.2) is 0 Å². The zero-order valence-electron chi connectivity index (χ0n) is 36.9. The highest BCUT2D eigenvalue weighted by atomic mass is 15.2. The number of rotatable bonds is 9. The molecule has 0 saturated carbocycles. The van der Waals surface area contributed by atoms with Crippen LogP contribution in [0.2, 0.25) is 0 Å². The molecule has 0 unspecified atom stereocenters. The first-order valence-electron chi connectivity index (χ1n) is 23.2. The summed E-state index contributed by atoms with van der Waals surface area (Å²) < 4.78 is 4.80. The Hall–Kier alpha value is -9.19. The third-order valence-corrected chi connectivity index (χ3v) is 13.8. The summed E-state index contributed by atoms with van der Waals surface area (Å²) >= 11 is 0. The van der Waals surface area contributed by atoms with Crippen molar-refractivity contribution < 1.29 is 0 Å². The van der Waals surface area contributed by atoms with Gasteiger partial charge in [0.25, 0.3) is 0 Å². The Bertz CT molecular complexity index is 3830. The van der Waals surface area contributed by atoms with E-state index in [2.05, 4.69) is 262 Å². The van der Waals surface area contributed by atoms with Crippen LogP contribution in [0.1, 0.15) is 0 Å². The van der Waals surface area contributed by atoms with Gasteiger partial charge in [-0.1, -0.05) is 133 Å². The van der Waals surface area contributed by atoms with Gasteiger partial charge in [-0.2, -0.15) is 0 Å². The van der Waals surface area contributed by atoms with E-state index in [1.165, 1.54) is 65.2 Å². The van der Waals surface area contributed by atoms with Crippen LogP contribution in [0, 0.1) is 0 Å². The third kappa shape index (κ3) is 5.79. The van der Waals surface area contributed by atoms with Gasteiger partial charge in [0.2, 0.25) is 0 Å². The summed E-state index contributed by atoms with van der Waals surface area (Å²) in [6.45, 7) is 0. The lowest BCUT2D eigenvalue weighted by atomic mass is 9.99. The molecule has 14 rings (SSSR count). The molecule has 3 heterocycles. The van der Waals surface area contributed by atoms with E-state index in [0.717, 1.165) is 56.8 Å². The molecule has 318 valence electrons. The van der Waals surface area contributed by atoms with Crippen LogP contribution in [0.4, 0.5) is 34.1 Å². The second-order valence-corrected chi connectivity index (χ2v) is 17.6. The molecule has 0 amide bonds. The fourth-order valence-electron chi connectivity index (χ4n) is 10.9. The van der Waals surface area contributed by atoms with Crippen LogP contribution < -0.4 is 9.80 Å². The Morgan fingerprint density at radius 3 is 1.19 bits per heavy atom. The first-order chi connectivity index (χ1) is 33.8. The lowest BCUT2D eigenvalue weighted by Crippen LogP contribution is -2.11. The van der Waals surface area contributed by atoms with E-state index >= 15 is 0 Å². The van der Waals surface area contributed by atoms with Gasteiger partial charge in [0.1, 0.15) is 0 Å². The van der Waals surface area contributed by atoms with Gasteiger partial charge in [0, 0.05) is 66.3 Å². The van der Waals surface area contributed by atoms with Crippen molar-refractivity contribution in [2.24, 2.45) is 0 Å². The molecule has 0 aliphatic rings. The maximum atomic E-state index is 5.17. The molecule has 0 spiro atoms. The van der Waals surface area contributed by atoms with Crippen molar-refractivity contribution in [2.75, 3.05) is 9.80 Å². The average Bonchev–Trinajstić information content (AvgIpc) is 3.94. The second-order valence-electron chi connectivity index (χ2n) is 17.6. The molecule has 0 bridgehead atoms. The smallest absolute Gasteiger partial charge is 0.0703 e. The molecule has 0 radical (unpaired) electrons. The van der Waals surface area contributed by atoms with E-state index in [1.807, 2.05) is 6.20 Å². The Balaban J connectivity index is 0.857. The summed E-state index contributed by atoms with van der Waals surface area (Å²) in [7, 11) is 0. The predicted octanol–water partition coefficient (Wildman–Crippen LogP) is 17.1. The second kappa shape index (κ2) is 15.2. The molecule has 0 N–H and O–H groups in total. The number of aromatic nitrogens is 3. The minimum absolute atomic E-state index is 0.910. The van der Waals surface area contributed by atoms with Crippen LogP contribution in [0.5, 0.6) is 0 Å². The van der Waals surface area contributed by atoms with E-state index in [4.69, 9.17) is 4.98 Å². The third-order valence-electron chi connectivity index (χ3n) is 13.8. The van der Waals surface area contributed by atoms with Crippen LogP contribution in [0.15, 0.2) is 249 Å². The molecule has 0 atom stereocenters. The van der Waals surface area contributed by atoms with Crippen molar-refractivity contribution in [3.8, 4) is 22.6 Å². The van der Waals surface area contributed by atoms with Gasteiger partial charge >= 0.3 is 0 Å². The zero-order chi connectivity index (χ0) is 44.7. The number of nitrogens with zero attached hydrogens (tertiary/aromatic N) is 5. The van der Waals surface area contributed by atoms with Gasteiger partial charge in [-0.05, 0) is 120 Å². The minimum atomic E-state index is 0.910. The highest BCUT2D eigenvalue weighted by Crippen LogP contribution is 2.48. The van der Waals surface area contributed by atoms with E-state index < -0.39 is 0 Å². The highest BCUT2D eigenvalue weighted by molar-refractivity contribution is 6.28. The molecule has 0 fully saturated rings. The van der Waals surface area contributed by atoms with Gasteiger partial charge in [0.05, 0.1) is 51.0 Å². The maximum Gasteiger partial charge on any atom is 0.0703 e. The van der Waals surface area contributed by atoms with Crippen molar-refractivity contribution in [3.05, 3.63) is 249 Å². The van der Waals surface area contributed by atoms with Gasteiger partial charge < -0.3 is 18.9 Å². The molecule has 68 heavy (non-hydrogen) atoms. The van der Waals surface area contributed by atoms with Crippen molar-refractivity contribution in [1.82, 2.24) is 14.1 Å². The fraction of sp³-hybridized carbons (Fsp3) is 0. The molecule has 5 nitrogen and oxygen atoms in total. The van der Waals surface area contributed by atoms with E-state index in [-0.39, 0.29) is 0 Å². The minimum Gasteiger partial charge on any atom is -0.310 e. The molecular formula is C63H41N5. The number of para-hydroxylation sites is 4. The van der Waals surface area contributed by atoms with Crippen molar-refractivity contribution in [2.45, 2.75) is 0 Å². The largest absolute Gasteiger partial charge is 0.310 e. The van der Waals surface area contributed by atoms with Crippen molar-refractivity contribution >= 4 is 99.3 Å². The lowest BCUT2D eigenvalue weighted by molar-refractivity contribution is 1.18. The van der Waals surface area contributed by atoms with Crippen LogP contribution in [-0.4, -0.2) is 14.1 Å². The summed E-state index contributed by atoms with van der Waals surface area (Å²) in [6.07, 6.45) is 2.01. The number of hydrogen-bond acceptors (Lipinski definition) is 3. The SMILES string of the molecule is c1ccc(N(c2ccc(-c3ccc(N(c4ccccc4)c4ccc5c6c4ccc4cccc(c46)n5-c4ccccc4)cn3)cc2)c2ccc3c4c2ccc2cccc(c24)n3-c2ccccc2)cc1. The molecule has 0 aliphatic carbocycles. The van der Waals surface area contributed by atoms with Crippen LogP contribution in [0.25, 0.3) is 87.8 Å². The van der Waals surface area contributed by atoms with E-state index in [0.29, 0.717) is 0 Å². The Kier molecular flexibility index (Phi) is 8.52. The maximum absolute atomic E-state index is 5.17. The number of benzene rings is 11. The summed E-state index contributed by atoms with van der Waals surface area (Å²) in [5.74, 6) is 0. The topological polar surface area (TPSA) is 29.2 Å². The summed E-state index contributed by atoms with van der Waals surface area (Å²) in [5.41, 5.74) is 15.5. The van der Waals surface area contributed by atoms with Crippen molar-refractivity contribution in [3.63, 3.8) is 0 Å². The van der Waals surface area contributed by atoms with Gasteiger partial charge in [-0.15, -0.1) is 0 Å². The number of pyridine rings is 1. The molecule has 14 aromatic rings. The number of hydrogen-bond donors (Lipinski definition) is 0. The van der Waals surface area contributed by atoms with E-state index in [9.17, 15) is 0 Å². The van der Waals surface area contributed by atoms with Crippen LogP contribution in [-0.2, 0) is 0 Å². The average molecular weight is 868 g/mol. The van der Waals surface area contributed by atoms with Crippen LogP contribution in [0.3, 0.4) is 0 Å². The van der Waals surface area contributed by atoms with Gasteiger partial charge in [0.15, 0.2) is 0 Å². The van der Waals surface area contributed by atoms with E-state index in [1.54, 1.807) is 0 Å². The normalized spacial score (nSPS) is 11.8. The Morgan fingerprint density at radius 2 is 0.721 bits per heavy atom. The monoisotopic (exact) mass is 867 g/mol. The fourth-order valence-corrected chi connectivity index (χ4v) is 10.9. The lowest BCUT2D eigenvalue weighted by Gasteiger charge is -2.27. The first-order valence-corrected chi connectivity index (χ1v) is 23.2. The Labute approximate surface area is 392 Å².